The van der Waals surface area contributed by atoms with Gasteiger partial charge >= 0.3 is 18.2 Å². The quantitative estimate of drug-likeness (QED) is 0.453. The van der Waals surface area contributed by atoms with Crippen LogP contribution in [0.4, 0.5) is 9.59 Å². The highest BCUT2D eigenvalue weighted by molar-refractivity contribution is 6.14. The zero-order chi connectivity index (χ0) is 19.6. The van der Waals surface area contributed by atoms with Crippen molar-refractivity contribution in [2.45, 2.75) is 64.7 Å². The number of rotatable bonds is 2. The van der Waals surface area contributed by atoms with Gasteiger partial charge in [-0.1, -0.05) is 0 Å². The molecule has 1 unspecified atom stereocenters. The smallest absolute Gasteiger partial charge is 0.417 e. The van der Waals surface area contributed by atoms with Crippen LogP contribution in [0.1, 0.15) is 48.0 Å². The number of amides is 3. The second-order valence-corrected chi connectivity index (χ2v) is 7.71. The molecule has 1 fully saturated rings. The Balaban J connectivity index is 3.04. The van der Waals surface area contributed by atoms with Crippen LogP contribution >= 0.6 is 0 Å². The number of carbonyl (C=O) groups excluding carboxylic acids is 4. The molecule has 1 aliphatic rings. The van der Waals surface area contributed by atoms with Crippen LogP contribution < -0.4 is 5.32 Å². The van der Waals surface area contributed by atoms with Gasteiger partial charge in [-0.15, -0.1) is 0 Å². The van der Waals surface area contributed by atoms with Gasteiger partial charge < -0.3 is 14.2 Å². The summed E-state index contributed by atoms with van der Waals surface area (Å²) in [7, 11) is 1.09. The van der Waals surface area contributed by atoms with Crippen molar-refractivity contribution in [1.82, 2.24) is 10.2 Å². The molecule has 142 valence electrons. The minimum absolute atomic E-state index is 0.0986. The molecule has 1 rings (SSSR count). The van der Waals surface area contributed by atoms with Crippen molar-refractivity contribution in [3.63, 3.8) is 0 Å². The molecule has 9 heteroatoms. The summed E-state index contributed by atoms with van der Waals surface area (Å²) in [6, 6.07) is 0. The highest BCUT2D eigenvalue weighted by Gasteiger charge is 2.57. The van der Waals surface area contributed by atoms with E-state index in [1.54, 1.807) is 41.5 Å². The second-order valence-electron chi connectivity index (χ2n) is 7.71. The number of hydrogen-bond acceptors (Lipinski definition) is 7. The molecule has 0 aromatic rings. The summed E-state index contributed by atoms with van der Waals surface area (Å²) in [6.45, 7) is 9.77. The van der Waals surface area contributed by atoms with E-state index in [4.69, 9.17) is 9.47 Å². The van der Waals surface area contributed by atoms with Gasteiger partial charge in [-0.25, -0.2) is 19.3 Å². The molecule has 0 bridgehead atoms. The fourth-order valence-electron chi connectivity index (χ4n) is 2.22. The van der Waals surface area contributed by atoms with Gasteiger partial charge in [0.05, 0.1) is 7.11 Å². The first-order chi connectivity index (χ1) is 11.2. The predicted octanol–water partition coefficient (Wildman–Crippen LogP) is 1.59. The van der Waals surface area contributed by atoms with Crippen LogP contribution in [0.2, 0.25) is 0 Å². The zero-order valence-electron chi connectivity index (χ0n) is 15.7. The molecular formula is C16H26N2O7. The predicted molar refractivity (Wildman–Crippen MR) is 86.7 cm³/mol. The lowest BCUT2D eigenvalue weighted by Crippen LogP contribution is -2.61. The Morgan fingerprint density at radius 1 is 1.04 bits per heavy atom. The minimum Gasteiger partial charge on any atom is -0.467 e. The maximum atomic E-state index is 12.7. The SMILES string of the molecule is COC(=O)C1(NC(=O)OC(C)(C)C)CCN(C(=O)OC(C)(C)C)C1=O. The molecule has 3 amide bonds. The van der Waals surface area contributed by atoms with Crippen molar-refractivity contribution in [1.29, 1.82) is 0 Å². The molecule has 0 aromatic heterocycles. The van der Waals surface area contributed by atoms with Crippen molar-refractivity contribution in [3.05, 3.63) is 0 Å². The first-order valence-corrected chi connectivity index (χ1v) is 7.86. The van der Waals surface area contributed by atoms with Gasteiger partial charge in [0.25, 0.3) is 5.91 Å². The van der Waals surface area contributed by atoms with E-state index >= 15 is 0 Å². The third-order valence-corrected chi connectivity index (χ3v) is 3.18. The molecule has 1 N–H and O–H groups in total. The van der Waals surface area contributed by atoms with E-state index < -0.39 is 40.8 Å². The highest BCUT2D eigenvalue weighted by atomic mass is 16.6. The number of alkyl carbamates (subject to hydrolysis) is 1. The van der Waals surface area contributed by atoms with Crippen molar-refractivity contribution in [3.8, 4) is 0 Å². The number of carbonyl (C=O) groups is 4. The molecule has 9 nitrogen and oxygen atoms in total. The van der Waals surface area contributed by atoms with Crippen molar-refractivity contribution < 1.29 is 33.4 Å². The Kier molecular flexibility index (Phi) is 5.71. The average molecular weight is 358 g/mol. The summed E-state index contributed by atoms with van der Waals surface area (Å²) in [4.78, 5) is 49.9. The summed E-state index contributed by atoms with van der Waals surface area (Å²) < 4.78 is 14.9. The fourth-order valence-corrected chi connectivity index (χ4v) is 2.22. The average Bonchev–Trinajstić information content (AvgIpc) is 2.72. The zero-order valence-corrected chi connectivity index (χ0v) is 15.7. The van der Waals surface area contributed by atoms with Crippen LogP contribution in [0.3, 0.4) is 0 Å². The van der Waals surface area contributed by atoms with Crippen molar-refractivity contribution in [2.75, 3.05) is 13.7 Å². The van der Waals surface area contributed by atoms with Crippen LogP contribution in [0, 0.1) is 0 Å². The Labute approximate surface area is 147 Å². The maximum Gasteiger partial charge on any atom is 0.417 e. The Morgan fingerprint density at radius 3 is 2.00 bits per heavy atom. The molecule has 1 atom stereocenters. The van der Waals surface area contributed by atoms with Crippen LogP contribution in [0.15, 0.2) is 0 Å². The third kappa shape index (κ3) is 5.07. The summed E-state index contributed by atoms with van der Waals surface area (Å²) in [5.74, 6) is -1.89. The second kappa shape index (κ2) is 6.89. The van der Waals surface area contributed by atoms with Crippen LogP contribution in [0.25, 0.3) is 0 Å². The number of nitrogens with one attached hydrogen (secondary N) is 1. The Hall–Kier alpha value is -2.32. The minimum atomic E-state index is -2.02. The standard InChI is InChI=1S/C16H26N2O7/c1-14(2,3)24-12(21)17-16(11(20)23-7)8-9-18(10(16)19)13(22)25-15(4,5)6/h8-9H2,1-7H3,(H,17,21). The number of hydrogen-bond donors (Lipinski definition) is 1. The van der Waals surface area contributed by atoms with Gasteiger partial charge in [0.15, 0.2) is 0 Å². The molecule has 0 saturated carbocycles. The summed E-state index contributed by atoms with van der Waals surface area (Å²) >= 11 is 0. The van der Waals surface area contributed by atoms with E-state index in [9.17, 15) is 19.2 Å². The summed E-state index contributed by atoms with van der Waals surface area (Å²) in [6.07, 6.45) is -2.00. The van der Waals surface area contributed by atoms with Gasteiger partial charge in [0.2, 0.25) is 5.54 Å². The molecule has 0 spiro atoms. The van der Waals surface area contributed by atoms with Crippen molar-refractivity contribution in [2.24, 2.45) is 0 Å². The van der Waals surface area contributed by atoms with Crippen LogP contribution in [-0.4, -0.2) is 59.4 Å². The van der Waals surface area contributed by atoms with Gasteiger partial charge in [0, 0.05) is 13.0 Å². The van der Waals surface area contributed by atoms with Crippen LogP contribution in [0.5, 0.6) is 0 Å². The molecule has 1 aliphatic heterocycles. The number of methoxy groups -OCH3 is 1. The van der Waals surface area contributed by atoms with Gasteiger partial charge in [-0.2, -0.15) is 0 Å². The monoisotopic (exact) mass is 358 g/mol. The first kappa shape index (κ1) is 20.7. The van der Waals surface area contributed by atoms with E-state index in [-0.39, 0.29) is 13.0 Å². The van der Waals surface area contributed by atoms with E-state index in [2.05, 4.69) is 10.1 Å². The lowest BCUT2D eigenvalue weighted by molar-refractivity contribution is -0.153. The molecule has 0 aliphatic carbocycles. The number of esters is 1. The molecule has 1 heterocycles. The maximum absolute atomic E-state index is 12.7. The molecule has 1 saturated heterocycles. The van der Waals surface area contributed by atoms with E-state index in [0.717, 1.165) is 12.0 Å². The lowest BCUT2D eigenvalue weighted by Gasteiger charge is -2.28. The summed E-state index contributed by atoms with van der Waals surface area (Å²) in [5.41, 5.74) is -3.66. The summed E-state index contributed by atoms with van der Waals surface area (Å²) in [5, 5.41) is 2.26. The van der Waals surface area contributed by atoms with E-state index in [0.29, 0.717) is 0 Å². The van der Waals surface area contributed by atoms with Gasteiger partial charge in [0.1, 0.15) is 11.2 Å². The highest BCUT2D eigenvalue weighted by Crippen LogP contribution is 2.27. The molecular weight excluding hydrogens is 332 g/mol. The number of ether oxygens (including phenoxy) is 3. The lowest BCUT2D eigenvalue weighted by atomic mass is 9.98. The van der Waals surface area contributed by atoms with E-state index in [1.165, 1.54) is 0 Å². The number of imide groups is 1. The van der Waals surface area contributed by atoms with E-state index in [1.807, 2.05) is 0 Å². The first-order valence-electron chi connectivity index (χ1n) is 7.86. The van der Waals surface area contributed by atoms with Gasteiger partial charge in [-0.05, 0) is 41.5 Å². The van der Waals surface area contributed by atoms with Gasteiger partial charge in [-0.3, -0.25) is 10.1 Å². The topological polar surface area (TPSA) is 111 Å². The molecule has 0 aromatic carbocycles. The fraction of sp³-hybridized carbons (Fsp3) is 0.750. The largest absolute Gasteiger partial charge is 0.467 e. The normalized spacial score (nSPS) is 20.9. The molecule has 25 heavy (non-hydrogen) atoms. The van der Waals surface area contributed by atoms with Crippen LogP contribution in [-0.2, 0) is 23.8 Å². The Bertz CT molecular complexity index is 574. The number of nitrogens with zero attached hydrogens (tertiary/aromatic N) is 1. The number of likely N-dealkylation sites (tertiary alicyclic amines) is 1. The van der Waals surface area contributed by atoms with Crippen molar-refractivity contribution >= 4 is 24.1 Å². The Morgan fingerprint density at radius 2 is 1.56 bits per heavy atom. The molecule has 0 radical (unpaired) electrons. The third-order valence-electron chi connectivity index (χ3n) is 3.18.